The number of carbonyl (C=O) groups is 1. The molecule has 8 nitrogen and oxygen atoms in total. The summed E-state index contributed by atoms with van der Waals surface area (Å²) in [7, 11) is 0. The number of aromatic carboxylic acids is 1. The first-order valence-corrected chi connectivity index (χ1v) is 7.27. The van der Waals surface area contributed by atoms with Crippen LogP contribution in [0, 0.1) is 0 Å². The Labute approximate surface area is 144 Å². The van der Waals surface area contributed by atoms with E-state index in [1.807, 2.05) is 0 Å². The fourth-order valence-corrected chi connectivity index (χ4v) is 2.51. The van der Waals surface area contributed by atoms with Gasteiger partial charge in [0, 0.05) is 19.2 Å². The van der Waals surface area contributed by atoms with Crippen molar-refractivity contribution in [2.45, 2.75) is 19.3 Å². The molecule has 1 aromatic carbocycles. The molecule has 0 fully saturated rings. The van der Waals surface area contributed by atoms with Crippen LogP contribution in [-0.4, -0.2) is 37.0 Å². The third-order valence-electron chi connectivity index (χ3n) is 3.58. The van der Waals surface area contributed by atoms with Crippen molar-refractivity contribution in [3.63, 3.8) is 0 Å². The number of ether oxygens (including phenoxy) is 1. The number of hydrogen-bond donors (Lipinski definition) is 2. The number of fused-ring (bicyclic) bond motifs is 1. The predicted octanol–water partition coefficient (Wildman–Crippen LogP) is 1.77. The lowest BCUT2D eigenvalue weighted by atomic mass is 10.0. The van der Waals surface area contributed by atoms with Gasteiger partial charge in [-0.05, 0) is 23.3 Å². The lowest BCUT2D eigenvalue weighted by Gasteiger charge is -2.13. The number of carboxylic acid groups (broad SMARTS) is 1. The Morgan fingerprint density at radius 3 is 2.73 bits per heavy atom. The smallest absolute Gasteiger partial charge is 0.478 e. The lowest BCUT2D eigenvalue weighted by molar-refractivity contribution is -0.274. The van der Waals surface area contributed by atoms with E-state index in [0.29, 0.717) is 22.6 Å². The first-order chi connectivity index (χ1) is 12.3. The van der Waals surface area contributed by atoms with Crippen LogP contribution in [0.2, 0.25) is 0 Å². The van der Waals surface area contributed by atoms with E-state index < -0.39 is 23.6 Å². The number of benzene rings is 1. The zero-order chi connectivity index (χ0) is 18.9. The summed E-state index contributed by atoms with van der Waals surface area (Å²) in [5, 5.41) is 13.2. The number of carboxylic acids is 1. The average molecular weight is 367 g/mol. The van der Waals surface area contributed by atoms with Gasteiger partial charge in [0.1, 0.15) is 17.6 Å². The second-order valence-electron chi connectivity index (χ2n) is 5.27. The molecule has 0 aliphatic rings. The van der Waals surface area contributed by atoms with E-state index in [4.69, 9.17) is 10.8 Å². The highest BCUT2D eigenvalue weighted by atomic mass is 19.4. The summed E-state index contributed by atoms with van der Waals surface area (Å²) in [6, 6.07) is 3.43. The first-order valence-electron chi connectivity index (χ1n) is 7.27. The Morgan fingerprint density at radius 2 is 2.08 bits per heavy atom. The highest BCUT2D eigenvalue weighted by Gasteiger charge is 2.33. The number of aromatic nitrogens is 4. The van der Waals surface area contributed by atoms with E-state index in [2.05, 4.69) is 19.8 Å². The normalized spacial score (nSPS) is 11.7. The highest BCUT2D eigenvalue weighted by Crippen LogP contribution is 2.28. The molecule has 136 valence electrons. The van der Waals surface area contributed by atoms with Gasteiger partial charge in [0.15, 0.2) is 0 Å². The number of nitrogens with two attached hydrogens (primary N) is 1. The van der Waals surface area contributed by atoms with Gasteiger partial charge in [-0.1, -0.05) is 6.07 Å². The van der Waals surface area contributed by atoms with E-state index in [1.165, 1.54) is 23.1 Å². The Kier molecular flexibility index (Phi) is 4.47. The molecule has 3 aromatic rings. The molecule has 3 rings (SSSR count). The van der Waals surface area contributed by atoms with Gasteiger partial charge in [0.25, 0.3) is 5.78 Å². The summed E-state index contributed by atoms with van der Waals surface area (Å²) in [5.41, 5.74) is 6.86. The highest BCUT2D eigenvalue weighted by molar-refractivity contribution is 5.91. The Balaban J connectivity index is 1.98. The second kappa shape index (κ2) is 6.59. The summed E-state index contributed by atoms with van der Waals surface area (Å²) in [5.74, 6) is -1.96. The van der Waals surface area contributed by atoms with Gasteiger partial charge < -0.3 is 15.6 Å². The molecular weight excluding hydrogens is 355 g/mol. The molecule has 0 unspecified atom stereocenters. The Hall–Kier alpha value is -3.21. The quantitative estimate of drug-likeness (QED) is 0.706. The second-order valence-corrected chi connectivity index (χ2v) is 5.27. The topological polar surface area (TPSA) is 116 Å². The zero-order valence-corrected chi connectivity index (χ0v) is 13.1. The molecule has 0 amide bonds. The summed E-state index contributed by atoms with van der Waals surface area (Å²) < 4.78 is 42.4. The van der Waals surface area contributed by atoms with Gasteiger partial charge >= 0.3 is 12.3 Å². The van der Waals surface area contributed by atoms with E-state index in [1.54, 1.807) is 0 Å². The van der Waals surface area contributed by atoms with Gasteiger partial charge in [-0.15, -0.1) is 13.2 Å². The monoisotopic (exact) mass is 367 g/mol. The van der Waals surface area contributed by atoms with Crippen LogP contribution >= 0.6 is 0 Å². The molecule has 0 saturated carbocycles. The zero-order valence-electron chi connectivity index (χ0n) is 13.1. The fraction of sp³-hybridized carbons (Fsp3) is 0.200. The lowest BCUT2D eigenvalue weighted by Crippen LogP contribution is -2.19. The Morgan fingerprint density at radius 1 is 1.31 bits per heavy atom. The SMILES string of the molecule is NCc1c(Cc2ccc(OC(F)(F)F)c(C(=O)O)c2)cnc2ncnn12. The standard InChI is InChI=1S/C15H12F3N5O3/c16-15(17,18)26-12-2-1-8(4-10(12)13(24)25)3-9-6-20-14-21-7-22-23(14)11(9)5-19/h1-2,4,6-7H,3,5,19H2,(H,24,25). The minimum atomic E-state index is -4.99. The summed E-state index contributed by atoms with van der Waals surface area (Å²) >= 11 is 0. The van der Waals surface area contributed by atoms with Gasteiger partial charge in [0.2, 0.25) is 0 Å². The molecule has 0 spiro atoms. The third-order valence-corrected chi connectivity index (χ3v) is 3.58. The van der Waals surface area contributed by atoms with Crippen LogP contribution in [0.3, 0.4) is 0 Å². The molecule has 2 aromatic heterocycles. The number of hydrogen-bond acceptors (Lipinski definition) is 6. The van der Waals surface area contributed by atoms with Crippen molar-refractivity contribution in [1.82, 2.24) is 19.6 Å². The first kappa shape index (κ1) is 17.6. The van der Waals surface area contributed by atoms with Crippen LogP contribution in [0.25, 0.3) is 5.78 Å². The fourth-order valence-electron chi connectivity index (χ4n) is 2.51. The van der Waals surface area contributed by atoms with Crippen LogP contribution in [0.15, 0.2) is 30.7 Å². The van der Waals surface area contributed by atoms with Crippen molar-refractivity contribution in [3.05, 3.63) is 53.1 Å². The van der Waals surface area contributed by atoms with Crippen LogP contribution in [-0.2, 0) is 13.0 Å². The molecule has 0 aliphatic carbocycles. The minimum absolute atomic E-state index is 0.124. The molecule has 26 heavy (non-hydrogen) atoms. The molecular formula is C15H12F3N5O3. The molecule has 3 N–H and O–H groups in total. The largest absolute Gasteiger partial charge is 0.573 e. The molecule has 2 heterocycles. The number of rotatable bonds is 5. The maximum atomic E-state index is 12.4. The molecule has 0 radical (unpaired) electrons. The van der Waals surface area contributed by atoms with Crippen LogP contribution in [0.1, 0.15) is 27.2 Å². The van der Waals surface area contributed by atoms with Crippen molar-refractivity contribution < 1.29 is 27.8 Å². The van der Waals surface area contributed by atoms with Crippen LogP contribution in [0.4, 0.5) is 13.2 Å². The summed E-state index contributed by atoms with van der Waals surface area (Å²) in [4.78, 5) is 19.3. The maximum absolute atomic E-state index is 12.4. The van der Waals surface area contributed by atoms with Crippen molar-refractivity contribution in [3.8, 4) is 5.75 Å². The number of alkyl halides is 3. The molecule has 0 atom stereocenters. The van der Waals surface area contributed by atoms with Crippen molar-refractivity contribution in [2.75, 3.05) is 0 Å². The van der Waals surface area contributed by atoms with Gasteiger partial charge in [-0.25, -0.2) is 9.78 Å². The van der Waals surface area contributed by atoms with Crippen LogP contribution in [0.5, 0.6) is 5.75 Å². The number of nitrogens with zero attached hydrogens (tertiary/aromatic N) is 4. The van der Waals surface area contributed by atoms with Crippen LogP contribution < -0.4 is 10.5 Å². The summed E-state index contributed by atoms with van der Waals surface area (Å²) in [6.45, 7) is 0.124. The molecule has 0 aliphatic heterocycles. The average Bonchev–Trinajstić information content (AvgIpc) is 3.03. The van der Waals surface area contributed by atoms with E-state index >= 15 is 0 Å². The van der Waals surface area contributed by atoms with Gasteiger partial charge in [0.05, 0.1) is 5.69 Å². The Bertz CT molecular complexity index is 971. The number of halogens is 3. The van der Waals surface area contributed by atoms with Crippen molar-refractivity contribution >= 4 is 11.7 Å². The molecule has 0 bridgehead atoms. The molecule has 0 saturated heterocycles. The van der Waals surface area contributed by atoms with E-state index in [0.717, 1.165) is 12.1 Å². The predicted molar refractivity (Wildman–Crippen MR) is 81.6 cm³/mol. The third kappa shape index (κ3) is 3.57. The van der Waals surface area contributed by atoms with E-state index in [9.17, 15) is 18.0 Å². The van der Waals surface area contributed by atoms with Gasteiger partial charge in [-0.2, -0.15) is 14.6 Å². The maximum Gasteiger partial charge on any atom is 0.573 e. The van der Waals surface area contributed by atoms with Crippen molar-refractivity contribution in [1.29, 1.82) is 0 Å². The van der Waals surface area contributed by atoms with Crippen molar-refractivity contribution in [2.24, 2.45) is 5.73 Å². The summed E-state index contributed by atoms with van der Waals surface area (Å²) in [6.07, 6.45) is -1.95. The minimum Gasteiger partial charge on any atom is -0.478 e. The van der Waals surface area contributed by atoms with Gasteiger partial charge in [-0.3, -0.25) is 0 Å². The van der Waals surface area contributed by atoms with E-state index in [-0.39, 0.29) is 13.0 Å². The molecule has 11 heteroatoms.